The van der Waals surface area contributed by atoms with Gasteiger partial charge in [-0.15, -0.1) is 0 Å². The third-order valence-electron chi connectivity index (χ3n) is 9.22. The summed E-state index contributed by atoms with van der Waals surface area (Å²) in [4.78, 5) is 28.5. The van der Waals surface area contributed by atoms with Gasteiger partial charge in [0.05, 0.1) is 30.7 Å². The van der Waals surface area contributed by atoms with Crippen LogP contribution in [0.25, 0.3) is 0 Å². The van der Waals surface area contributed by atoms with Crippen LogP contribution in [-0.2, 0) is 23.2 Å². The molecule has 1 saturated carbocycles. The van der Waals surface area contributed by atoms with E-state index in [-0.39, 0.29) is 23.8 Å². The average molecular weight is 557 g/mol. The van der Waals surface area contributed by atoms with Gasteiger partial charge in [0, 0.05) is 31.6 Å². The molecule has 0 radical (unpaired) electrons. The summed E-state index contributed by atoms with van der Waals surface area (Å²) in [7, 11) is 4.19. The Balaban J connectivity index is 1.34. The zero-order valence-electron chi connectivity index (χ0n) is 24.3. The van der Waals surface area contributed by atoms with Crippen LogP contribution in [0.15, 0.2) is 36.9 Å². The number of carbonyl (C=O) groups excluding carboxylic acids is 1. The van der Waals surface area contributed by atoms with E-state index in [2.05, 4.69) is 60.8 Å². The van der Waals surface area contributed by atoms with Crippen molar-refractivity contribution in [3.05, 3.63) is 53.6 Å². The number of ether oxygens (including phenoxy) is 2. The van der Waals surface area contributed by atoms with Crippen LogP contribution in [0.4, 0.5) is 5.82 Å². The molecule has 9 heteroatoms. The second-order valence-electron chi connectivity index (χ2n) is 12.4. The van der Waals surface area contributed by atoms with Crippen molar-refractivity contribution in [1.82, 2.24) is 19.8 Å². The molecule has 2 aromatic rings. The second kappa shape index (κ2) is 11.0. The van der Waals surface area contributed by atoms with Crippen LogP contribution in [0.5, 0.6) is 11.9 Å². The minimum absolute atomic E-state index is 0.141. The largest absolute Gasteiger partial charge is 0.466 e. The van der Waals surface area contributed by atoms with Crippen molar-refractivity contribution in [3.63, 3.8) is 0 Å². The number of hydrogen-bond acceptors (Lipinski definition) is 8. The van der Waals surface area contributed by atoms with Gasteiger partial charge >= 0.3 is 6.01 Å². The molecule has 2 aliphatic carbocycles. The van der Waals surface area contributed by atoms with Crippen LogP contribution in [0, 0.1) is 16.7 Å². The molecule has 3 heterocycles. The Kier molecular flexibility index (Phi) is 7.37. The quantitative estimate of drug-likeness (QED) is 0.453. The van der Waals surface area contributed by atoms with Crippen molar-refractivity contribution >= 4 is 11.7 Å². The predicted molar refractivity (Wildman–Crippen MR) is 156 cm³/mol. The number of fused-ring (bicyclic) bond motifs is 3. The number of benzene rings is 1. The summed E-state index contributed by atoms with van der Waals surface area (Å²) in [5.74, 6) is 1.26. The van der Waals surface area contributed by atoms with Gasteiger partial charge in [0.2, 0.25) is 11.8 Å². The zero-order chi connectivity index (χ0) is 28.6. The number of hydrogen-bond donors (Lipinski definition) is 0. The highest BCUT2D eigenvalue weighted by molar-refractivity contribution is 5.87. The van der Waals surface area contributed by atoms with E-state index in [0.717, 1.165) is 62.9 Å². The molecule has 2 fully saturated rings. The molecule has 1 spiro atoms. The first-order valence-corrected chi connectivity index (χ1v) is 14.9. The fraction of sp³-hybridized carbons (Fsp3) is 0.562. The van der Waals surface area contributed by atoms with Gasteiger partial charge in [-0.1, -0.05) is 30.8 Å². The Bertz CT molecular complexity index is 1370. The van der Waals surface area contributed by atoms with Crippen molar-refractivity contribution in [2.45, 2.75) is 63.0 Å². The lowest BCUT2D eigenvalue weighted by molar-refractivity contribution is -0.128. The highest BCUT2D eigenvalue weighted by atomic mass is 16.5. The molecule has 1 amide bonds. The lowest BCUT2D eigenvalue weighted by Gasteiger charge is -2.44. The van der Waals surface area contributed by atoms with Gasteiger partial charge in [-0.2, -0.15) is 15.2 Å². The van der Waals surface area contributed by atoms with Gasteiger partial charge in [-0.05, 0) is 76.2 Å². The third kappa shape index (κ3) is 5.38. The van der Waals surface area contributed by atoms with Crippen LogP contribution in [0.1, 0.15) is 55.2 Å². The fourth-order valence-corrected chi connectivity index (χ4v) is 7.02. The first-order chi connectivity index (χ1) is 19.9. The van der Waals surface area contributed by atoms with Crippen molar-refractivity contribution in [2.75, 3.05) is 51.8 Å². The number of nitrogens with zero attached hydrogens (tertiary/aromatic N) is 6. The molecule has 4 aliphatic rings. The number of anilines is 1. The lowest BCUT2D eigenvalue weighted by atomic mass is 9.75. The number of rotatable bonds is 8. The number of carbonyl (C=O) groups is 1. The highest BCUT2D eigenvalue weighted by Crippen LogP contribution is 2.49. The maximum atomic E-state index is 12.5. The van der Waals surface area contributed by atoms with Gasteiger partial charge < -0.3 is 24.2 Å². The van der Waals surface area contributed by atoms with E-state index < -0.39 is 5.60 Å². The summed E-state index contributed by atoms with van der Waals surface area (Å²) in [6.07, 6.45) is 8.59. The number of aryl methyl sites for hydroxylation is 1. The Morgan fingerprint density at radius 1 is 1.22 bits per heavy atom. The highest BCUT2D eigenvalue weighted by Gasteiger charge is 2.46. The maximum absolute atomic E-state index is 12.5. The Hall–Kier alpha value is -3.64. The van der Waals surface area contributed by atoms with Crippen molar-refractivity contribution < 1.29 is 14.3 Å². The van der Waals surface area contributed by atoms with E-state index >= 15 is 0 Å². The molecule has 2 aliphatic heterocycles. The summed E-state index contributed by atoms with van der Waals surface area (Å²) in [5, 5.41) is 9.52. The van der Waals surface area contributed by atoms with Gasteiger partial charge in [-0.3, -0.25) is 4.79 Å². The smallest absolute Gasteiger partial charge is 0.321 e. The average Bonchev–Trinajstić information content (AvgIpc) is 3.74. The van der Waals surface area contributed by atoms with Gasteiger partial charge in [0.1, 0.15) is 11.4 Å². The number of aromatic nitrogens is 2. The standard InChI is InChI=1S/C32H40N6O3/c1-4-27(39)38-19-18-37(20-24(38)12-17-33)28-25-11-14-32(13-7-9-23-8-5-6-10-26(23)32)41-29(25)35-30(34-28)40-22-31(15-16-31)21-36(2)3/h4-6,8,10,24H,1,7,9,11-16,18-22H2,2-3H3/t24-,32?/m0/s1. The number of nitriles is 1. The minimum atomic E-state index is -0.397. The minimum Gasteiger partial charge on any atom is -0.466 e. The van der Waals surface area contributed by atoms with Crippen LogP contribution >= 0.6 is 0 Å². The van der Waals surface area contributed by atoms with Gasteiger partial charge in [0.15, 0.2) is 0 Å². The van der Waals surface area contributed by atoms with Crippen molar-refractivity contribution in [3.8, 4) is 18.0 Å². The summed E-state index contributed by atoms with van der Waals surface area (Å²) in [6.45, 7) is 6.79. The van der Waals surface area contributed by atoms with Crippen molar-refractivity contribution in [2.24, 2.45) is 5.41 Å². The first-order valence-electron chi connectivity index (χ1n) is 14.9. The molecular formula is C32H40N6O3. The molecule has 1 aromatic heterocycles. The summed E-state index contributed by atoms with van der Waals surface area (Å²) in [6, 6.07) is 11.0. The van der Waals surface area contributed by atoms with Crippen molar-refractivity contribution in [1.29, 1.82) is 5.26 Å². The molecule has 6 rings (SSSR count). The van der Waals surface area contributed by atoms with E-state index in [1.165, 1.54) is 17.2 Å². The zero-order valence-corrected chi connectivity index (χ0v) is 24.3. The van der Waals surface area contributed by atoms with Gasteiger partial charge in [-0.25, -0.2) is 0 Å². The molecule has 9 nitrogen and oxygen atoms in total. The van der Waals surface area contributed by atoms with Crippen LogP contribution in [0.2, 0.25) is 0 Å². The summed E-state index contributed by atoms with van der Waals surface area (Å²) < 4.78 is 13.3. The Morgan fingerprint density at radius 2 is 2.05 bits per heavy atom. The molecule has 41 heavy (non-hydrogen) atoms. The molecular weight excluding hydrogens is 516 g/mol. The molecule has 0 N–H and O–H groups in total. The molecule has 1 aromatic carbocycles. The maximum Gasteiger partial charge on any atom is 0.321 e. The first kappa shape index (κ1) is 27.5. The monoisotopic (exact) mass is 556 g/mol. The van der Waals surface area contributed by atoms with E-state index in [1.54, 1.807) is 4.90 Å². The Morgan fingerprint density at radius 3 is 2.80 bits per heavy atom. The van der Waals surface area contributed by atoms with Gasteiger partial charge in [0.25, 0.3) is 0 Å². The van der Waals surface area contributed by atoms with E-state index in [0.29, 0.717) is 38.1 Å². The normalized spacial score (nSPS) is 24.2. The Labute approximate surface area is 242 Å². The van der Waals surface area contributed by atoms with Crippen LogP contribution in [-0.4, -0.2) is 78.6 Å². The second-order valence-corrected chi connectivity index (χ2v) is 12.4. The molecule has 1 saturated heterocycles. The lowest BCUT2D eigenvalue weighted by Crippen LogP contribution is -2.55. The topological polar surface area (TPSA) is 94.8 Å². The molecule has 2 atom stereocenters. The van der Waals surface area contributed by atoms with Crippen LogP contribution in [0.3, 0.4) is 0 Å². The number of piperazine rings is 1. The fourth-order valence-electron chi connectivity index (χ4n) is 7.02. The number of amides is 1. The molecule has 216 valence electrons. The SMILES string of the molecule is C=CC(=O)N1CCN(c2nc(OCC3(CN(C)C)CC3)nc3c2CCC2(CCCc4ccccc42)O3)C[C@@H]1CC#N. The van der Waals surface area contributed by atoms with E-state index in [4.69, 9.17) is 19.4 Å². The summed E-state index contributed by atoms with van der Waals surface area (Å²) in [5.41, 5.74) is 3.36. The van der Waals surface area contributed by atoms with E-state index in [9.17, 15) is 10.1 Å². The van der Waals surface area contributed by atoms with Crippen LogP contribution < -0.4 is 14.4 Å². The summed E-state index contributed by atoms with van der Waals surface area (Å²) >= 11 is 0. The van der Waals surface area contributed by atoms with E-state index in [1.807, 2.05) is 0 Å². The molecule has 0 bridgehead atoms. The molecule has 1 unspecified atom stereocenters. The predicted octanol–water partition coefficient (Wildman–Crippen LogP) is 3.87. The third-order valence-corrected chi connectivity index (χ3v) is 9.22.